The summed E-state index contributed by atoms with van der Waals surface area (Å²) in [4.78, 5) is 11.3. The van der Waals surface area contributed by atoms with Gasteiger partial charge in [-0.2, -0.15) is 0 Å². The summed E-state index contributed by atoms with van der Waals surface area (Å²) in [5.74, 6) is 0.202. The van der Waals surface area contributed by atoms with Crippen LogP contribution < -0.4 is 0 Å². The number of carbonyl (C=O) groups is 1. The Morgan fingerprint density at radius 2 is 1.88 bits per heavy atom. The topological polar surface area (TPSA) is 35.5 Å². The number of thiocarbonyl (C=S) groups is 2. The first-order valence-corrected chi connectivity index (χ1v) is 7.46. The van der Waals surface area contributed by atoms with Crippen molar-refractivity contribution in [2.24, 2.45) is 5.92 Å². The molecule has 0 aromatic heterocycles. The highest BCUT2D eigenvalue weighted by molar-refractivity contribution is 8.22. The van der Waals surface area contributed by atoms with Gasteiger partial charge in [-0.05, 0) is 44.7 Å². The number of ether oxygens (including phenoxy) is 2. The van der Waals surface area contributed by atoms with E-state index in [0.717, 1.165) is 0 Å². The molecule has 0 aromatic carbocycles. The van der Waals surface area contributed by atoms with Gasteiger partial charge < -0.3 is 9.47 Å². The lowest BCUT2D eigenvalue weighted by Gasteiger charge is -2.14. The fourth-order valence-electron chi connectivity index (χ4n) is 1.00. The molecule has 1 unspecified atom stereocenters. The van der Waals surface area contributed by atoms with Gasteiger partial charge in [0.25, 0.3) is 0 Å². The van der Waals surface area contributed by atoms with Gasteiger partial charge in [-0.3, -0.25) is 4.79 Å². The van der Waals surface area contributed by atoms with E-state index in [0.29, 0.717) is 34.8 Å². The smallest absolute Gasteiger partial charge is 0.219 e. The molecule has 0 fully saturated rings. The Morgan fingerprint density at radius 3 is 2.35 bits per heavy atom. The predicted molar refractivity (Wildman–Crippen MR) is 83.0 cm³/mol. The van der Waals surface area contributed by atoms with Gasteiger partial charge in [0.1, 0.15) is 0 Å². The minimum absolute atomic E-state index is 0.272. The average molecular weight is 313 g/mol. The molecule has 0 amide bonds. The van der Waals surface area contributed by atoms with E-state index < -0.39 is 5.92 Å². The monoisotopic (exact) mass is 312 g/mol. The van der Waals surface area contributed by atoms with Gasteiger partial charge in [0.15, 0.2) is 10.2 Å². The van der Waals surface area contributed by atoms with Gasteiger partial charge >= 0.3 is 0 Å². The second kappa shape index (κ2) is 10.1. The molecule has 17 heavy (non-hydrogen) atoms. The van der Waals surface area contributed by atoms with E-state index in [4.69, 9.17) is 33.9 Å². The van der Waals surface area contributed by atoms with Crippen molar-refractivity contribution < 1.29 is 14.3 Å². The summed E-state index contributed by atoms with van der Waals surface area (Å²) in [5.41, 5.74) is 0. The number of hydrogen-bond acceptors (Lipinski definition) is 6. The summed E-state index contributed by atoms with van der Waals surface area (Å²) in [5, 5.41) is 0.0295. The molecule has 7 heteroatoms. The van der Waals surface area contributed by atoms with Crippen molar-refractivity contribution >= 4 is 63.4 Å². The molecular formula is C10H16O3S4. The largest absolute Gasteiger partial charge is 0.487 e. The molecular weight excluding hydrogens is 296 g/mol. The molecule has 0 bridgehead atoms. The Kier molecular flexibility index (Phi) is 10.2. The van der Waals surface area contributed by atoms with Crippen molar-refractivity contribution in [2.45, 2.75) is 20.3 Å². The molecule has 0 aliphatic carbocycles. The fraction of sp³-hybridized carbons (Fsp3) is 0.700. The van der Waals surface area contributed by atoms with Gasteiger partial charge in [-0.15, -0.1) is 12.6 Å². The summed E-state index contributed by atoms with van der Waals surface area (Å²) >= 11 is 15.2. The van der Waals surface area contributed by atoms with E-state index in [9.17, 15) is 4.79 Å². The van der Waals surface area contributed by atoms with Crippen molar-refractivity contribution in [1.82, 2.24) is 0 Å². The Bertz CT molecular complexity index is 281. The molecule has 98 valence electrons. The molecule has 0 rings (SSSR count). The summed E-state index contributed by atoms with van der Waals surface area (Å²) in [6, 6.07) is 0. The third kappa shape index (κ3) is 7.96. The minimum atomic E-state index is -0.454. The Hall–Kier alpha value is 0.150. The van der Waals surface area contributed by atoms with Crippen LogP contribution in [0.4, 0.5) is 0 Å². The average Bonchev–Trinajstić information content (AvgIpc) is 2.24. The van der Waals surface area contributed by atoms with Gasteiger partial charge in [0.05, 0.1) is 19.1 Å². The molecule has 0 spiro atoms. The van der Waals surface area contributed by atoms with Crippen LogP contribution >= 0.6 is 48.8 Å². The summed E-state index contributed by atoms with van der Waals surface area (Å²) in [6.07, 6.45) is 0.555. The maximum atomic E-state index is 11.3. The standard InChI is InChI=1S/C10H16O3S4/c1-3-12-9(15)7(8(11)14)5-6-17-10(16)13-4-2/h7H,3-6H2,1-2H3,(H,11,14). The van der Waals surface area contributed by atoms with Crippen LogP contribution in [0.25, 0.3) is 0 Å². The number of thiol groups is 1. The minimum Gasteiger partial charge on any atom is -0.487 e. The number of hydrogen-bond donors (Lipinski definition) is 1. The molecule has 0 saturated carbocycles. The second-order valence-electron chi connectivity index (χ2n) is 2.96. The van der Waals surface area contributed by atoms with Gasteiger partial charge in [-0.1, -0.05) is 11.8 Å². The van der Waals surface area contributed by atoms with Crippen LogP contribution in [0, 0.1) is 5.92 Å². The van der Waals surface area contributed by atoms with Crippen molar-refractivity contribution in [3.63, 3.8) is 0 Å². The first-order chi connectivity index (χ1) is 8.02. The van der Waals surface area contributed by atoms with E-state index >= 15 is 0 Å². The normalized spacial score (nSPS) is 11.7. The van der Waals surface area contributed by atoms with E-state index in [1.807, 2.05) is 13.8 Å². The molecule has 3 nitrogen and oxygen atoms in total. The maximum Gasteiger partial charge on any atom is 0.219 e. The first kappa shape index (κ1) is 17.2. The maximum absolute atomic E-state index is 11.3. The van der Waals surface area contributed by atoms with Crippen LogP contribution in [0.5, 0.6) is 0 Å². The third-order valence-electron chi connectivity index (χ3n) is 1.76. The van der Waals surface area contributed by atoms with Gasteiger partial charge in [0.2, 0.25) is 4.38 Å². The zero-order chi connectivity index (χ0) is 13.3. The van der Waals surface area contributed by atoms with Crippen molar-refractivity contribution in [2.75, 3.05) is 19.0 Å². The Morgan fingerprint density at radius 1 is 1.29 bits per heavy atom. The summed E-state index contributed by atoms with van der Waals surface area (Å²) < 4.78 is 10.8. The molecule has 0 N–H and O–H groups in total. The Balaban J connectivity index is 4.06. The lowest BCUT2D eigenvalue weighted by atomic mass is 10.1. The first-order valence-electron chi connectivity index (χ1n) is 5.21. The van der Waals surface area contributed by atoms with Gasteiger partial charge in [0, 0.05) is 5.75 Å². The molecule has 1 atom stereocenters. The third-order valence-corrected chi connectivity index (χ3v) is 3.74. The van der Waals surface area contributed by atoms with E-state index in [1.54, 1.807) is 0 Å². The van der Waals surface area contributed by atoms with E-state index in [1.165, 1.54) is 11.8 Å². The predicted octanol–water partition coefficient (Wildman–Crippen LogP) is 2.87. The van der Waals surface area contributed by atoms with E-state index in [-0.39, 0.29) is 5.12 Å². The molecule has 0 aliphatic rings. The highest BCUT2D eigenvalue weighted by atomic mass is 32.2. The van der Waals surface area contributed by atoms with Crippen LogP contribution in [0.2, 0.25) is 0 Å². The quantitative estimate of drug-likeness (QED) is 0.575. The highest BCUT2D eigenvalue weighted by Crippen LogP contribution is 2.17. The molecule has 0 heterocycles. The second-order valence-corrected chi connectivity index (χ2v) is 5.50. The summed E-state index contributed by atoms with van der Waals surface area (Å²) in [6.45, 7) is 4.71. The lowest BCUT2D eigenvalue weighted by Crippen LogP contribution is -2.22. The highest BCUT2D eigenvalue weighted by Gasteiger charge is 2.21. The van der Waals surface area contributed by atoms with Crippen LogP contribution in [-0.4, -0.2) is 33.5 Å². The van der Waals surface area contributed by atoms with Gasteiger partial charge in [-0.25, -0.2) is 0 Å². The number of carbonyl (C=O) groups excluding carboxylic acids is 1. The molecule has 0 aromatic rings. The molecule has 0 saturated heterocycles. The lowest BCUT2D eigenvalue weighted by molar-refractivity contribution is -0.112. The van der Waals surface area contributed by atoms with Crippen LogP contribution in [0.3, 0.4) is 0 Å². The van der Waals surface area contributed by atoms with Crippen molar-refractivity contribution in [3.05, 3.63) is 0 Å². The summed E-state index contributed by atoms with van der Waals surface area (Å²) in [7, 11) is 0. The fourth-order valence-corrected chi connectivity index (χ4v) is 2.77. The van der Waals surface area contributed by atoms with E-state index in [2.05, 4.69) is 12.6 Å². The zero-order valence-corrected chi connectivity index (χ0v) is 13.1. The Labute approximate surface area is 122 Å². The molecule has 0 aliphatic heterocycles. The SMILES string of the molecule is CCOC(=S)SCCC(C(=O)S)C(=S)OCC. The number of rotatable bonds is 7. The van der Waals surface area contributed by atoms with Crippen molar-refractivity contribution in [1.29, 1.82) is 0 Å². The van der Waals surface area contributed by atoms with Crippen LogP contribution in [-0.2, 0) is 14.3 Å². The van der Waals surface area contributed by atoms with Crippen LogP contribution in [0.15, 0.2) is 0 Å². The zero-order valence-electron chi connectivity index (χ0n) is 9.80. The number of thioether (sulfide) groups is 1. The molecule has 0 radical (unpaired) electrons. The van der Waals surface area contributed by atoms with Crippen LogP contribution in [0.1, 0.15) is 20.3 Å². The van der Waals surface area contributed by atoms with Crippen molar-refractivity contribution in [3.8, 4) is 0 Å².